The van der Waals surface area contributed by atoms with E-state index in [2.05, 4.69) is 111 Å². The molecule has 0 saturated heterocycles. The van der Waals surface area contributed by atoms with Crippen molar-refractivity contribution in [2.75, 3.05) is 26.1 Å². The molecule has 3 nitrogen and oxygen atoms in total. The van der Waals surface area contributed by atoms with E-state index in [4.69, 9.17) is 4.74 Å². The van der Waals surface area contributed by atoms with E-state index < -0.39 is 0 Å². The van der Waals surface area contributed by atoms with Crippen LogP contribution >= 0.6 is 0 Å². The molecule has 2 atom stereocenters. The number of rotatable bonds is 6. The lowest BCUT2D eigenvalue weighted by atomic mass is 9.86. The molecule has 3 rings (SSSR count). The molecule has 0 bridgehead atoms. The van der Waals surface area contributed by atoms with Crippen molar-refractivity contribution in [3.63, 3.8) is 0 Å². The van der Waals surface area contributed by atoms with Gasteiger partial charge in [-0.3, -0.25) is 4.99 Å². The average Bonchev–Trinajstić information content (AvgIpc) is 3.16. The Kier molecular flexibility index (Phi) is 13.4. The molecule has 0 radical (unpaired) electrons. The number of hydrogen-bond donors (Lipinski definition) is 0. The highest BCUT2D eigenvalue weighted by Gasteiger charge is 2.30. The minimum Gasteiger partial charge on any atom is -0.494 e. The van der Waals surface area contributed by atoms with Crippen LogP contribution in [0.5, 0.6) is 0 Å². The molecule has 34 heavy (non-hydrogen) atoms. The average molecular weight is 461 g/mol. The molecule has 1 aromatic rings. The Morgan fingerprint density at radius 2 is 1.82 bits per heavy atom. The zero-order chi connectivity index (χ0) is 25.5. The van der Waals surface area contributed by atoms with Gasteiger partial charge in [0.1, 0.15) is 5.76 Å². The summed E-state index contributed by atoms with van der Waals surface area (Å²) in [4.78, 5) is 6.85. The van der Waals surface area contributed by atoms with Gasteiger partial charge in [-0.15, -0.1) is 6.58 Å². The van der Waals surface area contributed by atoms with Crippen LogP contribution in [-0.4, -0.2) is 33.0 Å². The second-order valence-corrected chi connectivity index (χ2v) is 8.02. The van der Waals surface area contributed by atoms with Crippen LogP contribution in [0.4, 0.5) is 5.69 Å². The van der Waals surface area contributed by atoms with Crippen molar-refractivity contribution < 1.29 is 4.74 Å². The maximum Gasteiger partial charge on any atom is 0.146 e. The Hall–Kier alpha value is -3.07. The van der Waals surface area contributed by atoms with E-state index in [1.165, 1.54) is 16.8 Å². The van der Waals surface area contributed by atoms with Crippen molar-refractivity contribution in [3.05, 3.63) is 102 Å². The quantitative estimate of drug-likeness (QED) is 0.401. The summed E-state index contributed by atoms with van der Waals surface area (Å²) in [7, 11) is 5.73. The van der Waals surface area contributed by atoms with E-state index >= 15 is 0 Å². The normalized spacial score (nSPS) is 18.6. The van der Waals surface area contributed by atoms with Crippen molar-refractivity contribution in [1.82, 2.24) is 0 Å². The highest BCUT2D eigenvalue weighted by molar-refractivity contribution is 6.03. The predicted octanol–water partition coefficient (Wildman–Crippen LogP) is 8.03. The molecule has 0 aliphatic heterocycles. The van der Waals surface area contributed by atoms with Gasteiger partial charge in [-0.1, -0.05) is 94.0 Å². The summed E-state index contributed by atoms with van der Waals surface area (Å²) in [6, 6.07) is 8.69. The third kappa shape index (κ3) is 7.76. The lowest BCUT2D eigenvalue weighted by molar-refractivity contribution is 0.306. The van der Waals surface area contributed by atoms with Gasteiger partial charge in [-0.25, -0.2) is 0 Å². The van der Waals surface area contributed by atoms with Crippen LogP contribution < -0.4 is 4.90 Å². The van der Waals surface area contributed by atoms with E-state index in [1.807, 2.05) is 27.0 Å². The number of methoxy groups -OCH3 is 1. The highest BCUT2D eigenvalue weighted by Crippen LogP contribution is 2.33. The lowest BCUT2D eigenvalue weighted by Gasteiger charge is -2.35. The fourth-order valence-corrected chi connectivity index (χ4v) is 3.83. The topological polar surface area (TPSA) is 24.8 Å². The number of anilines is 1. The number of likely N-dealkylation sites (N-methyl/N-ethyl adjacent to an activating group) is 1. The van der Waals surface area contributed by atoms with Gasteiger partial charge in [0.15, 0.2) is 0 Å². The van der Waals surface area contributed by atoms with Crippen molar-refractivity contribution >= 4 is 11.4 Å². The fraction of sp³-hybridized carbons (Fsp3) is 0.387. The summed E-state index contributed by atoms with van der Waals surface area (Å²) < 4.78 is 5.89. The third-order valence-corrected chi connectivity index (χ3v) is 5.67. The van der Waals surface area contributed by atoms with E-state index in [1.54, 1.807) is 7.11 Å². The first kappa shape index (κ1) is 29.0. The van der Waals surface area contributed by atoms with Crippen LogP contribution in [0.15, 0.2) is 101 Å². The van der Waals surface area contributed by atoms with Gasteiger partial charge in [0.05, 0.1) is 18.9 Å². The highest BCUT2D eigenvalue weighted by atomic mass is 16.5. The number of aliphatic imine (C=N–C) groups is 1. The molecule has 0 aromatic heterocycles. The van der Waals surface area contributed by atoms with Gasteiger partial charge in [0.25, 0.3) is 0 Å². The van der Waals surface area contributed by atoms with Gasteiger partial charge in [0, 0.05) is 31.3 Å². The van der Waals surface area contributed by atoms with Crippen molar-refractivity contribution in [3.8, 4) is 0 Å². The minimum atomic E-state index is 0.0251. The summed E-state index contributed by atoms with van der Waals surface area (Å²) in [5.74, 6) is 1.12. The molecule has 0 N–H and O–H groups in total. The largest absolute Gasteiger partial charge is 0.494 e. The molecule has 0 saturated carbocycles. The Morgan fingerprint density at radius 1 is 1.18 bits per heavy atom. The van der Waals surface area contributed by atoms with E-state index in [-0.39, 0.29) is 12.0 Å². The first-order chi connectivity index (χ1) is 16.5. The van der Waals surface area contributed by atoms with Crippen LogP contribution in [0.3, 0.4) is 0 Å². The first-order valence-electron chi connectivity index (χ1n) is 12.3. The van der Waals surface area contributed by atoms with Gasteiger partial charge in [-0.2, -0.15) is 0 Å². The smallest absolute Gasteiger partial charge is 0.146 e. The molecule has 184 valence electrons. The number of aryl methyl sites for hydroxylation is 1. The van der Waals surface area contributed by atoms with Crippen LogP contribution in [0.2, 0.25) is 0 Å². The fourth-order valence-electron chi connectivity index (χ4n) is 3.83. The SMILES string of the molecule is C=CCC.CC.CN=C1C(OC)=C(C(C2=CC=CCC=C2)N(C)c2ccc(C)cc2)C=CC1C. The zero-order valence-corrected chi connectivity index (χ0v) is 22.5. The summed E-state index contributed by atoms with van der Waals surface area (Å²) in [6.07, 6.45) is 19.3. The molecule has 1 aromatic carbocycles. The molecule has 0 spiro atoms. The Labute approximate surface area is 208 Å². The molecular weight excluding hydrogens is 416 g/mol. The number of ether oxygens (including phenoxy) is 1. The molecule has 2 aliphatic carbocycles. The summed E-state index contributed by atoms with van der Waals surface area (Å²) >= 11 is 0. The Bertz CT molecular complexity index is 942. The predicted molar refractivity (Wildman–Crippen MR) is 152 cm³/mol. The van der Waals surface area contributed by atoms with Crippen molar-refractivity contribution in [2.24, 2.45) is 10.9 Å². The summed E-state index contributed by atoms with van der Waals surface area (Å²) in [5, 5.41) is 0. The number of hydrogen-bond acceptors (Lipinski definition) is 3. The third-order valence-electron chi connectivity index (χ3n) is 5.67. The lowest BCUT2D eigenvalue weighted by Crippen LogP contribution is -2.37. The second kappa shape index (κ2) is 15.7. The van der Waals surface area contributed by atoms with E-state index in [0.717, 1.165) is 29.9 Å². The maximum atomic E-state index is 5.89. The van der Waals surface area contributed by atoms with Gasteiger partial charge < -0.3 is 9.64 Å². The van der Waals surface area contributed by atoms with E-state index in [0.29, 0.717) is 0 Å². The standard InChI is InChI=1S/C25H30N2O.C4H8.C2H6/c1-18-12-15-21(16-13-18)27(4)24(20-10-8-6-7-9-11-20)22-17-14-19(2)23(26-3)25(22)28-5;1-3-4-2;1-2/h6,8-17,19,24H,7H2,1-5H3;3H,1,4H2,2H3;1-2H3. The number of allylic oxidation sites excluding steroid dienone is 7. The molecule has 2 unspecified atom stereocenters. The number of benzene rings is 1. The zero-order valence-electron chi connectivity index (χ0n) is 22.5. The van der Waals surface area contributed by atoms with Crippen LogP contribution in [0.1, 0.15) is 46.1 Å². The molecule has 0 amide bonds. The molecule has 0 fully saturated rings. The van der Waals surface area contributed by atoms with Gasteiger partial charge in [-0.05, 0) is 37.5 Å². The number of nitrogens with zero attached hydrogens (tertiary/aromatic N) is 2. The van der Waals surface area contributed by atoms with Crippen LogP contribution in [-0.2, 0) is 4.74 Å². The van der Waals surface area contributed by atoms with E-state index in [9.17, 15) is 0 Å². The van der Waals surface area contributed by atoms with Crippen LogP contribution in [0.25, 0.3) is 0 Å². The monoisotopic (exact) mass is 460 g/mol. The van der Waals surface area contributed by atoms with Gasteiger partial charge >= 0.3 is 0 Å². The Morgan fingerprint density at radius 3 is 2.38 bits per heavy atom. The van der Waals surface area contributed by atoms with Gasteiger partial charge in [0.2, 0.25) is 0 Å². The summed E-state index contributed by atoms with van der Waals surface area (Å²) in [5.41, 5.74) is 5.79. The second-order valence-electron chi connectivity index (χ2n) is 8.02. The minimum absolute atomic E-state index is 0.0251. The Balaban J connectivity index is 0.000000872. The summed E-state index contributed by atoms with van der Waals surface area (Å²) in [6.45, 7) is 13.8. The molecule has 0 heterocycles. The molecular formula is C31H44N2O. The first-order valence-corrected chi connectivity index (χ1v) is 12.3. The van der Waals surface area contributed by atoms with Crippen LogP contribution in [0, 0.1) is 12.8 Å². The molecule has 3 heteroatoms. The van der Waals surface area contributed by atoms with Crippen molar-refractivity contribution in [2.45, 2.75) is 53.5 Å². The maximum absolute atomic E-state index is 5.89. The van der Waals surface area contributed by atoms with Crippen molar-refractivity contribution in [1.29, 1.82) is 0 Å². The molecule has 2 aliphatic rings.